The van der Waals surface area contributed by atoms with E-state index in [2.05, 4.69) is 54.7 Å². The summed E-state index contributed by atoms with van der Waals surface area (Å²) in [7, 11) is 1.90. The summed E-state index contributed by atoms with van der Waals surface area (Å²) in [4.78, 5) is 12.8. The molecule has 0 radical (unpaired) electrons. The zero-order chi connectivity index (χ0) is 22.3. The molecule has 4 heteroatoms. The van der Waals surface area contributed by atoms with Crippen molar-refractivity contribution in [3.63, 3.8) is 0 Å². The Morgan fingerprint density at radius 3 is 2.60 bits per heavy atom. The number of ketones is 1. The number of benzene rings is 2. The van der Waals surface area contributed by atoms with Crippen LogP contribution < -0.4 is 10.1 Å². The van der Waals surface area contributed by atoms with Crippen LogP contribution >= 0.6 is 15.9 Å². The molecule has 0 bridgehead atoms. The molecule has 0 amide bonds. The van der Waals surface area contributed by atoms with E-state index in [0.717, 1.165) is 58.3 Å². The fraction of sp³-hybridized carbons (Fsp3) is 0.423. The summed E-state index contributed by atoms with van der Waals surface area (Å²) in [6, 6.07) is 12.1. The normalized spacial score (nSPS) is 13.9. The molecule has 3 nitrogen and oxygen atoms in total. The minimum Gasteiger partial charge on any atom is -0.490 e. The molecular weight excluding hydrogens is 438 g/mol. The Morgan fingerprint density at radius 2 is 2.03 bits per heavy atom. The molecule has 2 aromatic carbocycles. The Kier molecular flexibility index (Phi) is 8.72. The van der Waals surface area contributed by atoms with Gasteiger partial charge in [-0.05, 0) is 75.4 Å². The van der Waals surface area contributed by atoms with Gasteiger partial charge in [-0.2, -0.15) is 0 Å². The second-order valence-electron chi connectivity index (χ2n) is 8.09. The van der Waals surface area contributed by atoms with E-state index >= 15 is 0 Å². The van der Waals surface area contributed by atoms with Crippen molar-refractivity contribution in [3.8, 4) is 5.75 Å². The monoisotopic (exact) mass is 471 g/mol. The van der Waals surface area contributed by atoms with Gasteiger partial charge in [0.25, 0.3) is 0 Å². The first kappa shape index (κ1) is 24.2. The first-order chi connectivity index (χ1) is 14.3. The van der Waals surface area contributed by atoms with Crippen LogP contribution in [0.15, 0.2) is 47.4 Å². The number of anilines is 1. The van der Waals surface area contributed by atoms with E-state index in [1.54, 1.807) is 6.92 Å². The summed E-state index contributed by atoms with van der Waals surface area (Å²) in [6.45, 7) is 11.9. The lowest BCUT2D eigenvalue weighted by Gasteiger charge is -2.32. The van der Waals surface area contributed by atoms with Crippen molar-refractivity contribution < 1.29 is 9.53 Å². The molecule has 0 aliphatic rings. The fourth-order valence-electron chi connectivity index (χ4n) is 4.04. The summed E-state index contributed by atoms with van der Waals surface area (Å²) in [5.41, 5.74) is 3.70. The maximum Gasteiger partial charge on any atom is 0.140 e. The van der Waals surface area contributed by atoms with Crippen LogP contribution in [0.5, 0.6) is 5.75 Å². The smallest absolute Gasteiger partial charge is 0.140 e. The molecule has 1 unspecified atom stereocenters. The molecule has 0 saturated heterocycles. The molecule has 0 fully saturated rings. The molecule has 0 saturated carbocycles. The molecule has 0 heterocycles. The molecule has 162 valence electrons. The average Bonchev–Trinajstić information content (AvgIpc) is 2.71. The van der Waals surface area contributed by atoms with E-state index in [1.807, 2.05) is 43.5 Å². The predicted octanol–water partition coefficient (Wildman–Crippen LogP) is 7.32. The molecule has 0 spiro atoms. The second-order valence-corrected chi connectivity index (χ2v) is 8.94. The first-order valence-corrected chi connectivity index (χ1v) is 11.4. The maximum absolute atomic E-state index is 12.8. The molecule has 2 rings (SSSR count). The Morgan fingerprint density at radius 1 is 1.30 bits per heavy atom. The molecule has 0 aromatic heterocycles. The van der Waals surface area contributed by atoms with Crippen molar-refractivity contribution >= 4 is 33.5 Å². The number of halogens is 1. The van der Waals surface area contributed by atoms with E-state index in [9.17, 15) is 4.79 Å². The van der Waals surface area contributed by atoms with Crippen molar-refractivity contribution in [1.82, 2.24) is 0 Å². The summed E-state index contributed by atoms with van der Waals surface area (Å²) < 4.78 is 7.36. The highest BCUT2D eigenvalue weighted by Gasteiger charge is 2.35. The Balaban J connectivity index is 2.25. The lowest BCUT2D eigenvalue weighted by Crippen LogP contribution is -2.34. The lowest BCUT2D eigenvalue weighted by molar-refractivity contribution is -0.122. The zero-order valence-corrected chi connectivity index (χ0v) is 20.4. The number of carbonyl (C=O) groups excluding carboxylic acids is 1. The fourth-order valence-corrected chi connectivity index (χ4v) is 4.95. The van der Waals surface area contributed by atoms with Crippen molar-refractivity contribution in [3.05, 3.63) is 64.1 Å². The Bertz CT molecular complexity index is 872. The van der Waals surface area contributed by atoms with Crippen LogP contribution in [0.1, 0.15) is 63.1 Å². The van der Waals surface area contributed by atoms with Crippen molar-refractivity contribution in [2.24, 2.45) is 0 Å². The number of ether oxygens (including phenoxy) is 1. The number of Topliss-reactive ketones (excluding diaryl/α,β-unsaturated/α-hetero) is 1. The minimum absolute atomic E-state index is 0.0505. The molecule has 30 heavy (non-hydrogen) atoms. The average molecular weight is 472 g/mol. The van der Waals surface area contributed by atoms with Crippen LogP contribution in [0.25, 0.3) is 6.08 Å². The molecular formula is C26H34BrNO2. The van der Waals surface area contributed by atoms with Gasteiger partial charge in [-0.3, -0.25) is 4.79 Å². The van der Waals surface area contributed by atoms with Crippen LogP contribution in [-0.4, -0.2) is 18.9 Å². The highest BCUT2D eigenvalue weighted by Crippen LogP contribution is 2.38. The van der Waals surface area contributed by atoms with Gasteiger partial charge in [0.1, 0.15) is 11.5 Å². The van der Waals surface area contributed by atoms with Gasteiger partial charge in [-0.25, -0.2) is 0 Å². The summed E-state index contributed by atoms with van der Waals surface area (Å²) in [5.74, 6) is 1.02. The molecule has 0 aliphatic heterocycles. The van der Waals surface area contributed by atoms with Gasteiger partial charge in [0.15, 0.2) is 0 Å². The third-order valence-electron chi connectivity index (χ3n) is 5.94. The molecule has 2 aromatic rings. The van der Waals surface area contributed by atoms with Crippen molar-refractivity contribution in [1.29, 1.82) is 0 Å². The number of hydrogen-bond acceptors (Lipinski definition) is 3. The van der Waals surface area contributed by atoms with Crippen LogP contribution in [0.3, 0.4) is 0 Å². The lowest BCUT2D eigenvalue weighted by atomic mass is 9.73. The Labute approximate surface area is 190 Å². The number of nitrogens with one attached hydrogen (secondary N) is 1. The molecule has 1 N–H and O–H groups in total. The second kappa shape index (κ2) is 10.8. The number of carbonyl (C=O) groups is 1. The largest absolute Gasteiger partial charge is 0.490 e. The standard InChI is InChI=1S/C26H34BrNO2/c1-7-10-21(30-22-13-14-24(28-6)20(8-2)17-22)15-16-26(5,19(4)29)25-18(3)11-9-12-23(25)27/h8-9,11-14,17,21,28H,2,7,10,15-16H2,1,3-6H3/t21?,26-/m1/s1. The number of rotatable bonds is 11. The first-order valence-electron chi connectivity index (χ1n) is 10.6. The van der Waals surface area contributed by atoms with E-state index in [1.165, 1.54) is 0 Å². The van der Waals surface area contributed by atoms with Crippen molar-refractivity contribution in [2.45, 2.75) is 64.9 Å². The molecule has 0 aliphatic carbocycles. The van der Waals surface area contributed by atoms with E-state index < -0.39 is 5.41 Å². The van der Waals surface area contributed by atoms with Gasteiger partial charge in [0, 0.05) is 22.8 Å². The summed E-state index contributed by atoms with van der Waals surface area (Å²) in [6.07, 6.45) is 5.39. The number of hydrogen-bond donors (Lipinski definition) is 1. The highest BCUT2D eigenvalue weighted by atomic mass is 79.9. The Hall–Kier alpha value is -2.07. The quantitative estimate of drug-likeness (QED) is 0.373. The SMILES string of the molecule is C=Cc1cc(OC(CCC)CC[C@](C)(C(C)=O)c2c(C)cccc2Br)ccc1NC. The molecule has 2 atom stereocenters. The zero-order valence-electron chi connectivity index (χ0n) is 18.8. The van der Waals surface area contributed by atoms with Crippen LogP contribution in [0.4, 0.5) is 5.69 Å². The van der Waals surface area contributed by atoms with Crippen LogP contribution in [-0.2, 0) is 10.2 Å². The van der Waals surface area contributed by atoms with E-state index in [4.69, 9.17) is 4.74 Å². The van der Waals surface area contributed by atoms with Crippen molar-refractivity contribution in [2.75, 3.05) is 12.4 Å². The van der Waals surface area contributed by atoms with Gasteiger partial charge < -0.3 is 10.1 Å². The van der Waals surface area contributed by atoms with E-state index in [-0.39, 0.29) is 11.9 Å². The number of aryl methyl sites for hydroxylation is 1. The third-order valence-corrected chi connectivity index (χ3v) is 6.60. The van der Waals surface area contributed by atoms with E-state index in [0.29, 0.717) is 0 Å². The predicted molar refractivity (Wildman–Crippen MR) is 132 cm³/mol. The van der Waals surface area contributed by atoms with Crippen LogP contribution in [0.2, 0.25) is 0 Å². The third kappa shape index (κ3) is 5.54. The minimum atomic E-state index is -0.554. The van der Waals surface area contributed by atoms with Gasteiger partial charge in [0.2, 0.25) is 0 Å². The topological polar surface area (TPSA) is 38.3 Å². The van der Waals surface area contributed by atoms with Gasteiger partial charge in [0.05, 0.1) is 11.5 Å². The van der Waals surface area contributed by atoms with Gasteiger partial charge in [-0.15, -0.1) is 0 Å². The summed E-state index contributed by atoms with van der Waals surface area (Å²) in [5, 5.41) is 3.17. The van der Waals surface area contributed by atoms with Crippen LogP contribution in [0, 0.1) is 6.92 Å². The van der Waals surface area contributed by atoms with Gasteiger partial charge >= 0.3 is 0 Å². The highest BCUT2D eigenvalue weighted by molar-refractivity contribution is 9.10. The maximum atomic E-state index is 12.8. The van der Waals surface area contributed by atoms with Gasteiger partial charge in [-0.1, -0.05) is 54.1 Å². The summed E-state index contributed by atoms with van der Waals surface area (Å²) >= 11 is 3.67.